The van der Waals surface area contributed by atoms with E-state index in [9.17, 15) is 0 Å². The van der Waals surface area contributed by atoms with Crippen molar-refractivity contribution in [2.24, 2.45) is 5.92 Å². The summed E-state index contributed by atoms with van der Waals surface area (Å²) in [4.78, 5) is 4.48. The molecule has 1 aromatic carbocycles. The molecule has 1 heterocycles. The molecule has 0 saturated carbocycles. The predicted molar refractivity (Wildman–Crippen MR) is 200 cm³/mol. The summed E-state index contributed by atoms with van der Waals surface area (Å²) in [7, 11) is 0. The van der Waals surface area contributed by atoms with Gasteiger partial charge in [-0.2, -0.15) is 0 Å². The Kier molecular flexibility index (Phi) is 26.2. The summed E-state index contributed by atoms with van der Waals surface area (Å²) in [5.41, 5.74) is 1.50. The summed E-state index contributed by atoms with van der Waals surface area (Å²) in [6.45, 7) is 4.62. The van der Waals surface area contributed by atoms with Crippen LogP contribution >= 0.6 is 0 Å². The van der Waals surface area contributed by atoms with Gasteiger partial charge in [-0.3, -0.25) is 0 Å². The van der Waals surface area contributed by atoms with E-state index in [1.54, 1.807) is 0 Å². The van der Waals surface area contributed by atoms with Crippen molar-refractivity contribution in [3.05, 3.63) is 54.6 Å². The van der Waals surface area contributed by atoms with Gasteiger partial charge in [-0.15, -0.1) is 0 Å². The van der Waals surface area contributed by atoms with Gasteiger partial charge in [0.25, 0.3) is 0 Å². The average molecular weight is 621 g/mol. The predicted octanol–water partition coefficient (Wildman–Crippen LogP) is 14.6. The maximum atomic E-state index is 4.48. The van der Waals surface area contributed by atoms with Gasteiger partial charge in [0, 0.05) is 18.4 Å². The summed E-state index contributed by atoms with van der Waals surface area (Å²) in [5, 5.41) is 0. The van der Waals surface area contributed by atoms with E-state index in [1.807, 2.05) is 6.20 Å². The Bertz CT molecular complexity index is 829. The van der Waals surface area contributed by atoms with Crippen molar-refractivity contribution in [2.45, 2.75) is 213 Å². The second-order valence-electron chi connectivity index (χ2n) is 14.4. The molecule has 0 saturated heterocycles. The Hall–Kier alpha value is -1.57. The van der Waals surface area contributed by atoms with E-state index in [4.69, 9.17) is 0 Å². The normalized spacial score (nSPS) is 12.9. The molecule has 2 aromatic rings. The van der Waals surface area contributed by atoms with Crippen molar-refractivity contribution in [3.63, 3.8) is 0 Å². The van der Waals surface area contributed by atoms with Crippen LogP contribution < -0.4 is 0 Å². The molecule has 2 heteroatoms. The standard InChI is InChI=1S/C43H76N2/c1-3-5-7-9-11-13-15-16-17-18-19-21-23-25-27-32-36-43(45-38-37-44-40-45)42(39-41-33-29-28-30-34-41)35-31-26-24-22-20-14-12-10-8-6-4-2/h28-30,33-34,37-38,40,42-43H,3-27,31-32,35-36,39H2,1-2H3. The van der Waals surface area contributed by atoms with E-state index in [-0.39, 0.29) is 0 Å². The van der Waals surface area contributed by atoms with Gasteiger partial charge in [-0.1, -0.05) is 218 Å². The molecule has 0 aliphatic carbocycles. The Morgan fingerprint density at radius 3 is 1.29 bits per heavy atom. The van der Waals surface area contributed by atoms with Crippen molar-refractivity contribution < 1.29 is 0 Å². The van der Waals surface area contributed by atoms with Crippen molar-refractivity contribution in [2.75, 3.05) is 0 Å². The van der Waals surface area contributed by atoms with Gasteiger partial charge in [0.05, 0.1) is 6.33 Å². The highest BCUT2D eigenvalue weighted by Crippen LogP contribution is 2.32. The number of unbranched alkanes of at least 4 members (excludes halogenated alkanes) is 25. The van der Waals surface area contributed by atoms with Gasteiger partial charge in [0.15, 0.2) is 0 Å². The molecular weight excluding hydrogens is 544 g/mol. The van der Waals surface area contributed by atoms with Gasteiger partial charge in [0.2, 0.25) is 0 Å². The highest BCUT2D eigenvalue weighted by molar-refractivity contribution is 5.15. The number of hydrogen-bond acceptors (Lipinski definition) is 1. The summed E-state index contributed by atoms with van der Waals surface area (Å²) >= 11 is 0. The quantitative estimate of drug-likeness (QED) is 0.0726. The molecule has 2 atom stereocenters. The van der Waals surface area contributed by atoms with Gasteiger partial charge in [-0.25, -0.2) is 4.98 Å². The van der Waals surface area contributed by atoms with Crippen LogP contribution in [0.1, 0.15) is 212 Å². The first-order chi connectivity index (χ1) is 22.3. The second kappa shape index (κ2) is 29.8. The Morgan fingerprint density at radius 2 is 0.889 bits per heavy atom. The molecule has 0 N–H and O–H groups in total. The van der Waals surface area contributed by atoms with Gasteiger partial charge >= 0.3 is 0 Å². The molecule has 45 heavy (non-hydrogen) atoms. The third kappa shape index (κ3) is 21.8. The minimum absolute atomic E-state index is 0.572. The lowest BCUT2D eigenvalue weighted by atomic mass is 9.84. The minimum atomic E-state index is 0.572. The average Bonchev–Trinajstić information content (AvgIpc) is 3.60. The van der Waals surface area contributed by atoms with Crippen LogP contribution in [-0.4, -0.2) is 9.55 Å². The largest absolute Gasteiger partial charge is 0.334 e. The molecule has 258 valence electrons. The van der Waals surface area contributed by atoms with Crippen molar-refractivity contribution in [1.29, 1.82) is 0 Å². The lowest BCUT2D eigenvalue weighted by Gasteiger charge is -2.29. The Balaban J connectivity index is 1.65. The molecule has 0 aliphatic heterocycles. The van der Waals surface area contributed by atoms with Crippen molar-refractivity contribution >= 4 is 0 Å². The van der Waals surface area contributed by atoms with E-state index in [0.717, 1.165) is 0 Å². The maximum Gasteiger partial charge on any atom is 0.0948 e. The Morgan fingerprint density at radius 1 is 0.489 bits per heavy atom. The van der Waals surface area contributed by atoms with Crippen LogP contribution in [0, 0.1) is 5.92 Å². The van der Waals surface area contributed by atoms with Gasteiger partial charge in [0.1, 0.15) is 0 Å². The highest BCUT2D eigenvalue weighted by atomic mass is 15.1. The van der Waals surface area contributed by atoms with E-state index in [2.05, 4.69) is 66.3 Å². The summed E-state index contributed by atoms with van der Waals surface area (Å²) in [5.74, 6) is 0.691. The smallest absolute Gasteiger partial charge is 0.0948 e. The van der Waals surface area contributed by atoms with Gasteiger partial charge in [-0.05, 0) is 30.7 Å². The number of rotatable bonds is 33. The number of benzene rings is 1. The topological polar surface area (TPSA) is 17.8 Å². The van der Waals surface area contributed by atoms with E-state index >= 15 is 0 Å². The molecule has 2 unspecified atom stereocenters. The molecular formula is C43H76N2. The second-order valence-corrected chi connectivity index (χ2v) is 14.4. The molecule has 2 nitrogen and oxygen atoms in total. The number of nitrogens with zero attached hydrogens (tertiary/aromatic N) is 2. The van der Waals surface area contributed by atoms with Gasteiger partial charge < -0.3 is 4.57 Å². The molecule has 0 fully saturated rings. The zero-order valence-electron chi connectivity index (χ0n) is 30.4. The summed E-state index contributed by atoms with van der Waals surface area (Å²) < 4.78 is 2.46. The first-order valence-electron chi connectivity index (χ1n) is 20.4. The van der Waals surface area contributed by atoms with E-state index < -0.39 is 0 Å². The van der Waals surface area contributed by atoms with E-state index in [0.29, 0.717) is 12.0 Å². The van der Waals surface area contributed by atoms with Crippen LogP contribution in [0.15, 0.2) is 49.1 Å². The zero-order chi connectivity index (χ0) is 31.9. The number of aromatic nitrogens is 2. The first-order valence-corrected chi connectivity index (χ1v) is 20.4. The maximum absolute atomic E-state index is 4.48. The third-order valence-electron chi connectivity index (χ3n) is 10.3. The molecule has 0 bridgehead atoms. The highest BCUT2D eigenvalue weighted by Gasteiger charge is 2.23. The number of hydrogen-bond donors (Lipinski definition) is 0. The fourth-order valence-corrected chi connectivity index (χ4v) is 7.41. The van der Waals surface area contributed by atoms with Crippen LogP contribution in [-0.2, 0) is 6.42 Å². The molecule has 0 amide bonds. The lowest BCUT2D eigenvalue weighted by Crippen LogP contribution is -2.21. The molecule has 1 aromatic heterocycles. The zero-order valence-corrected chi connectivity index (χ0v) is 30.4. The minimum Gasteiger partial charge on any atom is -0.334 e. The van der Waals surface area contributed by atoms with Crippen molar-refractivity contribution in [3.8, 4) is 0 Å². The van der Waals surface area contributed by atoms with Crippen LogP contribution in [0.4, 0.5) is 0 Å². The first kappa shape index (κ1) is 39.6. The van der Waals surface area contributed by atoms with Crippen LogP contribution in [0.25, 0.3) is 0 Å². The van der Waals surface area contributed by atoms with Crippen LogP contribution in [0.5, 0.6) is 0 Å². The molecule has 0 radical (unpaired) electrons. The lowest BCUT2D eigenvalue weighted by molar-refractivity contribution is 0.275. The molecule has 2 rings (SSSR count). The molecule has 0 spiro atoms. The molecule has 0 aliphatic rings. The van der Waals surface area contributed by atoms with Crippen LogP contribution in [0.3, 0.4) is 0 Å². The fraction of sp³-hybridized carbons (Fsp3) is 0.791. The van der Waals surface area contributed by atoms with E-state index in [1.165, 1.54) is 198 Å². The monoisotopic (exact) mass is 621 g/mol. The summed E-state index contributed by atoms with van der Waals surface area (Å²) in [6.07, 6.45) is 48.7. The third-order valence-corrected chi connectivity index (χ3v) is 10.3. The SMILES string of the molecule is CCCCCCCCCCCCCCCCCCC(C(CCCCCCCCCCCCC)Cc1ccccc1)n1ccnc1. The van der Waals surface area contributed by atoms with Crippen molar-refractivity contribution in [1.82, 2.24) is 9.55 Å². The summed E-state index contributed by atoms with van der Waals surface area (Å²) in [6, 6.07) is 11.8. The number of imidazole rings is 1. The van der Waals surface area contributed by atoms with Crippen LogP contribution in [0.2, 0.25) is 0 Å². The fourth-order valence-electron chi connectivity index (χ4n) is 7.41. The Labute approximate surface area is 282 Å².